The molecule has 2 aromatic rings. The molecular weight excluding hydrogens is 462 g/mol. The number of alkyl halides is 2. The number of rotatable bonds is 6. The zero-order valence-electron chi connectivity index (χ0n) is 16.9. The van der Waals surface area contributed by atoms with Gasteiger partial charge < -0.3 is 20.1 Å². The van der Waals surface area contributed by atoms with Crippen molar-refractivity contribution >= 4 is 27.6 Å². The molecule has 1 unspecified atom stereocenters. The number of carboxylic acids is 1. The van der Waals surface area contributed by atoms with Crippen LogP contribution in [0.4, 0.5) is 8.78 Å². The first-order valence-corrected chi connectivity index (χ1v) is 11.3. The number of nitrogens with one attached hydrogen (secondary N) is 1. The summed E-state index contributed by atoms with van der Waals surface area (Å²) < 4.78 is 54.8. The van der Waals surface area contributed by atoms with Gasteiger partial charge in [-0.3, -0.25) is 9.59 Å². The number of carboxylic acid groups (broad SMARTS) is 1. The molecule has 2 aliphatic heterocycles. The average molecular weight is 480 g/mol. The van der Waals surface area contributed by atoms with Gasteiger partial charge in [0.05, 0.1) is 22.4 Å². The van der Waals surface area contributed by atoms with Crippen LogP contribution in [0, 0.1) is 0 Å². The van der Waals surface area contributed by atoms with E-state index in [2.05, 4.69) is 10.1 Å². The zero-order chi connectivity index (χ0) is 23.9. The van der Waals surface area contributed by atoms with Crippen molar-refractivity contribution in [1.29, 1.82) is 0 Å². The van der Waals surface area contributed by atoms with Gasteiger partial charge in [-0.1, -0.05) is 24.3 Å². The van der Waals surface area contributed by atoms with E-state index >= 15 is 0 Å². The Kier molecular flexibility index (Phi) is 5.89. The molecule has 0 saturated carbocycles. The van der Waals surface area contributed by atoms with Crippen molar-refractivity contribution in [3.05, 3.63) is 48.0 Å². The number of carbonyl (C=O) groups is 3. The summed E-state index contributed by atoms with van der Waals surface area (Å²) >= 11 is 0. The molecule has 2 aromatic carbocycles. The van der Waals surface area contributed by atoms with E-state index in [1.165, 1.54) is 24.3 Å². The fourth-order valence-electron chi connectivity index (χ4n) is 4.06. The van der Waals surface area contributed by atoms with Crippen molar-refractivity contribution in [2.45, 2.75) is 35.0 Å². The Hall–Kier alpha value is -3.38. The van der Waals surface area contributed by atoms with Crippen molar-refractivity contribution in [3.63, 3.8) is 0 Å². The molecule has 2 heterocycles. The number of hydrogen-bond donors (Lipinski definition) is 2. The topological polar surface area (TPSA) is 130 Å². The van der Waals surface area contributed by atoms with E-state index in [9.17, 15) is 36.7 Å². The van der Waals surface area contributed by atoms with Crippen molar-refractivity contribution in [3.8, 4) is 11.1 Å². The summed E-state index contributed by atoms with van der Waals surface area (Å²) in [7, 11) is -3.79. The van der Waals surface area contributed by atoms with Gasteiger partial charge in [0, 0.05) is 29.7 Å². The van der Waals surface area contributed by atoms with Gasteiger partial charge in [0.25, 0.3) is 5.91 Å². The number of amides is 2. The fourth-order valence-corrected chi connectivity index (χ4v) is 5.77. The predicted octanol–water partition coefficient (Wildman–Crippen LogP) is 1.52. The minimum atomic E-state index is -3.79. The lowest BCUT2D eigenvalue weighted by Crippen LogP contribution is -2.45. The molecule has 0 bridgehead atoms. The lowest BCUT2D eigenvalue weighted by molar-refractivity contribution is -0.160. The summed E-state index contributed by atoms with van der Waals surface area (Å²) in [5.41, 5.74) is 0.988. The monoisotopic (exact) mass is 480 g/mol. The van der Waals surface area contributed by atoms with E-state index in [1.54, 1.807) is 18.2 Å². The van der Waals surface area contributed by atoms with Crippen LogP contribution in [0.5, 0.6) is 0 Å². The molecule has 33 heavy (non-hydrogen) atoms. The van der Waals surface area contributed by atoms with Crippen molar-refractivity contribution < 1.29 is 41.4 Å². The standard InChI is InChI=1S/C21H18F2N2O7S/c22-21(23)32-12-8-15(20(28)29)25(10-12)18(26)9-24-19(27)11-5-6-14-13-3-1-2-4-16(13)33(30,31)17(14)7-11/h1-7,12,15,21H,8-10H2,(H,24,27)(H,28,29)/t12-,15?/m1/s1. The molecule has 0 radical (unpaired) electrons. The molecule has 4 rings (SSSR count). The van der Waals surface area contributed by atoms with Gasteiger partial charge in [0.15, 0.2) is 0 Å². The maximum atomic E-state index is 12.8. The maximum absolute atomic E-state index is 12.8. The maximum Gasteiger partial charge on any atom is 0.345 e. The average Bonchev–Trinajstić information content (AvgIpc) is 3.29. The van der Waals surface area contributed by atoms with Gasteiger partial charge in [0.2, 0.25) is 15.7 Å². The van der Waals surface area contributed by atoms with Gasteiger partial charge in [-0.2, -0.15) is 8.78 Å². The van der Waals surface area contributed by atoms with Gasteiger partial charge >= 0.3 is 12.6 Å². The Balaban J connectivity index is 1.46. The van der Waals surface area contributed by atoms with Crippen LogP contribution < -0.4 is 5.32 Å². The minimum Gasteiger partial charge on any atom is -0.480 e. The number of halogens is 2. The molecule has 2 N–H and O–H groups in total. The summed E-state index contributed by atoms with van der Waals surface area (Å²) in [6.07, 6.45) is -1.45. The normalized spacial score (nSPS) is 20.4. The lowest BCUT2D eigenvalue weighted by atomic mass is 10.0. The third-order valence-corrected chi connectivity index (χ3v) is 7.42. The number of hydrogen-bond acceptors (Lipinski definition) is 6. The van der Waals surface area contributed by atoms with Crippen LogP contribution in [0.1, 0.15) is 16.8 Å². The van der Waals surface area contributed by atoms with Gasteiger partial charge in [-0.25, -0.2) is 13.2 Å². The van der Waals surface area contributed by atoms with E-state index < -0.39 is 52.9 Å². The van der Waals surface area contributed by atoms with Gasteiger partial charge in [0.1, 0.15) is 6.04 Å². The predicted molar refractivity (Wildman–Crippen MR) is 108 cm³/mol. The number of nitrogens with zero attached hydrogens (tertiary/aromatic N) is 1. The van der Waals surface area contributed by atoms with Crippen LogP contribution in [-0.4, -0.2) is 68.1 Å². The molecule has 9 nitrogen and oxygen atoms in total. The second-order valence-electron chi connectivity index (χ2n) is 7.55. The summed E-state index contributed by atoms with van der Waals surface area (Å²) in [5, 5.41) is 11.6. The highest BCUT2D eigenvalue weighted by Gasteiger charge is 2.41. The number of fused-ring (bicyclic) bond motifs is 3. The van der Waals surface area contributed by atoms with Crippen LogP contribution in [0.2, 0.25) is 0 Å². The first-order valence-electron chi connectivity index (χ1n) is 9.82. The van der Waals surface area contributed by atoms with E-state index in [-0.39, 0.29) is 28.3 Å². The molecule has 12 heteroatoms. The molecule has 1 fully saturated rings. The molecule has 0 spiro atoms. The molecule has 2 amide bonds. The van der Waals surface area contributed by atoms with Crippen molar-refractivity contribution in [1.82, 2.24) is 10.2 Å². The summed E-state index contributed by atoms with van der Waals surface area (Å²) in [4.78, 5) is 37.4. The molecule has 0 aromatic heterocycles. The molecule has 2 aliphatic rings. The van der Waals surface area contributed by atoms with E-state index in [4.69, 9.17) is 0 Å². The van der Waals surface area contributed by atoms with Crippen LogP contribution >= 0.6 is 0 Å². The number of benzene rings is 2. The number of carbonyl (C=O) groups excluding carboxylic acids is 2. The summed E-state index contributed by atoms with van der Waals surface area (Å²) in [6.45, 7) is -4.07. The number of likely N-dealkylation sites (tertiary alicyclic amines) is 1. The highest BCUT2D eigenvalue weighted by atomic mass is 32.2. The molecular formula is C21H18F2N2O7S. The number of ether oxygens (including phenoxy) is 1. The highest BCUT2D eigenvalue weighted by Crippen LogP contribution is 2.43. The summed E-state index contributed by atoms with van der Waals surface area (Å²) in [5.74, 6) is -2.92. The van der Waals surface area contributed by atoms with E-state index in [0.717, 1.165) is 4.90 Å². The van der Waals surface area contributed by atoms with Gasteiger partial charge in [-0.15, -0.1) is 0 Å². The van der Waals surface area contributed by atoms with E-state index in [1.807, 2.05) is 0 Å². The number of sulfone groups is 1. The molecule has 2 atom stereocenters. The second kappa shape index (κ2) is 8.52. The minimum absolute atomic E-state index is 0.00644. The van der Waals surface area contributed by atoms with Crippen LogP contribution in [0.3, 0.4) is 0 Å². The highest BCUT2D eigenvalue weighted by molar-refractivity contribution is 7.92. The lowest BCUT2D eigenvalue weighted by Gasteiger charge is -2.21. The van der Waals surface area contributed by atoms with Crippen molar-refractivity contribution in [2.24, 2.45) is 0 Å². The SMILES string of the molecule is O=C(NCC(=O)N1C[C@H](OC(F)F)CC1C(=O)O)c1ccc2c(c1)S(=O)(=O)c1ccccc1-2. The van der Waals surface area contributed by atoms with Crippen molar-refractivity contribution in [2.75, 3.05) is 13.1 Å². The van der Waals surface area contributed by atoms with Crippen LogP contribution in [-0.2, 0) is 24.2 Å². The Morgan fingerprint density at radius 3 is 2.52 bits per heavy atom. The third kappa shape index (κ3) is 4.18. The smallest absolute Gasteiger partial charge is 0.345 e. The number of aliphatic carboxylic acids is 1. The second-order valence-corrected chi connectivity index (χ2v) is 9.43. The third-order valence-electron chi connectivity index (χ3n) is 5.56. The largest absolute Gasteiger partial charge is 0.480 e. The van der Waals surface area contributed by atoms with Gasteiger partial charge in [-0.05, 0) is 18.2 Å². The summed E-state index contributed by atoms with van der Waals surface area (Å²) in [6, 6.07) is 9.21. The van der Waals surface area contributed by atoms with E-state index in [0.29, 0.717) is 11.1 Å². The van der Waals surface area contributed by atoms with Crippen LogP contribution in [0.15, 0.2) is 52.3 Å². The van der Waals surface area contributed by atoms with Crippen LogP contribution in [0.25, 0.3) is 11.1 Å². The molecule has 0 aliphatic carbocycles. The Bertz CT molecular complexity index is 1250. The Morgan fingerprint density at radius 2 is 1.82 bits per heavy atom. The Morgan fingerprint density at radius 1 is 1.12 bits per heavy atom. The first-order chi connectivity index (χ1) is 15.6. The first kappa shape index (κ1) is 22.8. The quantitative estimate of drug-likeness (QED) is 0.547. The fraction of sp³-hybridized carbons (Fsp3) is 0.286. The molecule has 1 saturated heterocycles. The molecule has 174 valence electrons. The Labute approximate surface area is 186 Å². The zero-order valence-corrected chi connectivity index (χ0v) is 17.7.